The zero-order valence-electron chi connectivity index (χ0n) is 11.1. The first-order valence-electron chi connectivity index (χ1n) is 6.12. The van der Waals surface area contributed by atoms with Crippen molar-refractivity contribution in [1.82, 2.24) is 15.5 Å². The molecule has 0 fully saturated rings. The van der Waals surface area contributed by atoms with Gasteiger partial charge in [0.1, 0.15) is 5.75 Å². The maximum absolute atomic E-state index is 11.8. The van der Waals surface area contributed by atoms with Gasteiger partial charge in [-0.05, 0) is 31.0 Å². The predicted molar refractivity (Wildman–Crippen MR) is 72.4 cm³/mol. The average molecular weight is 259 g/mol. The van der Waals surface area contributed by atoms with Crippen molar-refractivity contribution in [3.8, 4) is 5.75 Å². The Kier molecular flexibility index (Phi) is 4.18. The summed E-state index contributed by atoms with van der Waals surface area (Å²) in [6.07, 6.45) is 2.30. The Morgan fingerprint density at radius 1 is 1.47 bits per heavy atom. The molecule has 5 heteroatoms. The lowest BCUT2D eigenvalue weighted by molar-refractivity contribution is 0.0953. The quantitative estimate of drug-likeness (QED) is 0.858. The molecule has 2 N–H and O–H groups in total. The Labute approximate surface area is 112 Å². The first kappa shape index (κ1) is 13.1. The fourth-order valence-electron chi connectivity index (χ4n) is 1.82. The molecule has 0 unspecified atom stereocenters. The lowest BCUT2D eigenvalue weighted by atomic mass is 10.1. The number of carbonyl (C=O) groups is 1. The minimum atomic E-state index is -0.103. The molecule has 19 heavy (non-hydrogen) atoms. The van der Waals surface area contributed by atoms with Gasteiger partial charge in [-0.25, -0.2) is 0 Å². The molecule has 0 aliphatic rings. The second-order valence-electron chi connectivity index (χ2n) is 4.27. The van der Waals surface area contributed by atoms with E-state index in [2.05, 4.69) is 15.5 Å². The van der Waals surface area contributed by atoms with E-state index >= 15 is 0 Å². The van der Waals surface area contributed by atoms with Gasteiger partial charge in [0.05, 0.1) is 18.9 Å². The summed E-state index contributed by atoms with van der Waals surface area (Å²) in [6.45, 7) is 2.40. The number of nitrogens with one attached hydrogen (secondary N) is 2. The molecular weight excluding hydrogens is 242 g/mol. The summed E-state index contributed by atoms with van der Waals surface area (Å²) < 4.78 is 5.16. The van der Waals surface area contributed by atoms with E-state index < -0.39 is 0 Å². The molecule has 0 saturated heterocycles. The third kappa shape index (κ3) is 3.34. The number of methoxy groups -OCH3 is 1. The number of ether oxygens (including phenoxy) is 1. The summed E-state index contributed by atoms with van der Waals surface area (Å²) in [5.74, 6) is 0.726. The van der Waals surface area contributed by atoms with Crippen LogP contribution in [0.4, 0.5) is 0 Å². The maximum atomic E-state index is 11.8. The second kappa shape index (κ2) is 6.04. The molecule has 0 radical (unpaired) electrons. The number of rotatable bonds is 5. The van der Waals surface area contributed by atoms with Crippen LogP contribution in [0.1, 0.15) is 21.6 Å². The van der Waals surface area contributed by atoms with Gasteiger partial charge in [0.25, 0.3) is 5.91 Å². The standard InChI is InChI=1S/C14H17N3O2/c1-10-13(9-16-17-10)14(18)15-7-6-11-4-3-5-12(8-11)19-2/h3-5,8-9H,6-7H2,1-2H3,(H,15,18)(H,16,17). The number of nitrogens with zero attached hydrogens (tertiary/aromatic N) is 1. The maximum Gasteiger partial charge on any atom is 0.254 e. The van der Waals surface area contributed by atoms with Crippen LogP contribution in [0.25, 0.3) is 0 Å². The summed E-state index contributed by atoms with van der Waals surface area (Å²) >= 11 is 0. The summed E-state index contributed by atoms with van der Waals surface area (Å²) in [5.41, 5.74) is 2.49. The largest absolute Gasteiger partial charge is 0.497 e. The Bertz CT molecular complexity index is 563. The minimum Gasteiger partial charge on any atom is -0.497 e. The van der Waals surface area contributed by atoms with E-state index in [1.54, 1.807) is 7.11 Å². The van der Waals surface area contributed by atoms with Gasteiger partial charge in [0.15, 0.2) is 0 Å². The van der Waals surface area contributed by atoms with Crippen molar-refractivity contribution in [2.75, 3.05) is 13.7 Å². The van der Waals surface area contributed by atoms with E-state index in [1.165, 1.54) is 6.20 Å². The molecule has 0 saturated carbocycles. The number of hydrogen-bond donors (Lipinski definition) is 2. The highest BCUT2D eigenvalue weighted by Crippen LogP contribution is 2.12. The van der Waals surface area contributed by atoms with Crippen molar-refractivity contribution in [2.45, 2.75) is 13.3 Å². The van der Waals surface area contributed by atoms with Crippen LogP contribution in [-0.2, 0) is 6.42 Å². The van der Waals surface area contributed by atoms with Gasteiger partial charge >= 0.3 is 0 Å². The lowest BCUT2D eigenvalue weighted by Crippen LogP contribution is -2.25. The van der Waals surface area contributed by atoms with E-state index in [0.29, 0.717) is 12.1 Å². The number of benzene rings is 1. The predicted octanol–water partition coefficient (Wildman–Crippen LogP) is 1.70. The van der Waals surface area contributed by atoms with Crippen molar-refractivity contribution >= 4 is 5.91 Å². The van der Waals surface area contributed by atoms with Gasteiger partial charge < -0.3 is 10.1 Å². The molecule has 0 aliphatic carbocycles. The molecule has 1 aromatic heterocycles. The van der Waals surface area contributed by atoms with Crippen molar-refractivity contribution < 1.29 is 9.53 Å². The number of aromatic amines is 1. The number of aryl methyl sites for hydroxylation is 1. The molecule has 0 bridgehead atoms. The zero-order chi connectivity index (χ0) is 13.7. The normalized spacial score (nSPS) is 10.2. The molecule has 1 aromatic carbocycles. The van der Waals surface area contributed by atoms with Crippen LogP contribution in [0.2, 0.25) is 0 Å². The topological polar surface area (TPSA) is 67.0 Å². The highest BCUT2D eigenvalue weighted by atomic mass is 16.5. The summed E-state index contributed by atoms with van der Waals surface area (Å²) in [5, 5.41) is 9.45. The SMILES string of the molecule is COc1cccc(CCNC(=O)c2cn[nH]c2C)c1. The summed E-state index contributed by atoms with van der Waals surface area (Å²) in [6, 6.07) is 7.82. The van der Waals surface area contributed by atoms with Crippen molar-refractivity contribution in [3.05, 3.63) is 47.3 Å². The van der Waals surface area contributed by atoms with Crippen LogP contribution in [0.5, 0.6) is 5.75 Å². The Balaban J connectivity index is 1.86. The molecule has 2 aromatic rings. The van der Waals surface area contributed by atoms with Crippen LogP contribution in [0.3, 0.4) is 0 Å². The molecule has 100 valence electrons. The Morgan fingerprint density at radius 2 is 2.32 bits per heavy atom. The van der Waals surface area contributed by atoms with Crippen LogP contribution in [0, 0.1) is 6.92 Å². The van der Waals surface area contributed by atoms with E-state index in [0.717, 1.165) is 23.4 Å². The third-order valence-electron chi connectivity index (χ3n) is 2.91. The van der Waals surface area contributed by atoms with Gasteiger partial charge in [0, 0.05) is 12.2 Å². The second-order valence-corrected chi connectivity index (χ2v) is 4.27. The lowest BCUT2D eigenvalue weighted by Gasteiger charge is -2.06. The van der Waals surface area contributed by atoms with Gasteiger partial charge in [-0.2, -0.15) is 5.10 Å². The molecule has 0 aliphatic heterocycles. The molecule has 0 spiro atoms. The summed E-state index contributed by atoms with van der Waals surface area (Å²) in [4.78, 5) is 11.8. The first-order chi connectivity index (χ1) is 9.20. The fourth-order valence-corrected chi connectivity index (χ4v) is 1.82. The van der Waals surface area contributed by atoms with E-state index in [-0.39, 0.29) is 5.91 Å². The van der Waals surface area contributed by atoms with Crippen molar-refractivity contribution in [1.29, 1.82) is 0 Å². The summed E-state index contributed by atoms with van der Waals surface area (Å²) in [7, 11) is 1.64. The molecule has 5 nitrogen and oxygen atoms in total. The minimum absolute atomic E-state index is 0.103. The van der Waals surface area contributed by atoms with E-state index in [1.807, 2.05) is 31.2 Å². The smallest absolute Gasteiger partial charge is 0.254 e. The van der Waals surface area contributed by atoms with Crippen LogP contribution < -0.4 is 10.1 Å². The highest BCUT2D eigenvalue weighted by molar-refractivity contribution is 5.94. The van der Waals surface area contributed by atoms with Crippen LogP contribution >= 0.6 is 0 Å². The van der Waals surface area contributed by atoms with Gasteiger partial charge in [0.2, 0.25) is 0 Å². The van der Waals surface area contributed by atoms with Crippen LogP contribution in [-0.4, -0.2) is 29.8 Å². The van der Waals surface area contributed by atoms with Crippen LogP contribution in [0.15, 0.2) is 30.5 Å². The number of aromatic nitrogens is 2. The average Bonchev–Trinajstić information content (AvgIpc) is 2.85. The molecule has 1 amide bonds. The number of hydrogen-bond acceptors (Lipinski definition) is 3. The number of carbonyl (C=O) groups excluding carboxylic acids is 1. The van der Waals surface area contributed by atoms with Gasteiger partial charge in [-0.15, -0.1) is 0 Å². The number of H-pyrrole nitrogens is 1. The Morgan fingerprint density at radius 3 is 3.00 bits per heavy atom. The van der Waals surface area contributed by atoms with Crippen molar-refractivity contribution in [2.24, 2.45) is 0 Å². The number of amides is 1. The molecule has 1 heterocycles. The van der Waals surface area contributed by atoms with E-state index in [9.17, 15) is 4.79 Å². The first-order valence-corrected chi connectivity index (χ1v) is 6.12. The molecule has 2 rings (SSSR count). The highest BCUT2D eigenvalue weighted by Gasteiger charge is 2.09. The Hall–Kier alpha value is -2.30. The third-order valence-corrected chi connectivity index (χ3v) is 2.91. The zero-order valence-corrected chi connectivity index (χ0v) is 11.1. The molecular formula is C14H17N3O2. The molecule has 0 atom stereocenters. The fraction of sp³-hybridized carbons (Fsp3) is 0.286. The van der Waals surface area contributed by atoms with Crippen molar-refractivity contribution in [3.63, 3.8) is 0 Å². The monoisotopic (exact) mass is 259 g/mol. The van der Waals surface area contributed by atoms with Gasteiger partial charge in [-0.1, -0.05) is 12.1 Å². The van der Waals surface area contributed by atoms with Gasteiger partial charge in [-0.3, -0.25) is 9.89 Å². The van der Waals surface area contributed by atoms with E-state index in [4.69, 9.17) is 4.74 Å².